The highest BCUT2D eigenvalue weighted by Crippen LogP contribution is 2.36. The second-order valence-corrected chi connectivity index (χ2v) is 5.33. The van der Waals surface area contributed by atoms with Crippen molar-refractivity contribution in [3.8, 4) is 0 Å². The molecule has 0 atom stereocenters. The third-order valence-corrected chi connectivity index (χ3v) is 3.83. The maximum atomic E-state index is 12.3. The van der Waals surface area contributed by atoms with Gasteiger partial charge in [-0.25, -0.2) is 4.79 Å². The van der Waals surface area contributed by atoms with E-state index in [9.17, 15) is 9.59 Å². The van der Waals surface area contributed by atoms with E-state index >= 15 is 0 Å². The number of benzene rings is 1. The van der Waals surface area contributed by atoms with Crippen molar-refractivity contribution in [2.24, 2.45) is 5.92 Å². The molecule has 0 spiro atoms. The third kappa shape index (κ3) is 2.48. The summed E-state index contributed by atoms with van der Waals surface area (Å²) >= 11 is 0. The van der Waals surface area contributed by atoms with Crippen LogP contribution in [0.2, 0.25) is 0 Å². The zero-order valence-electron chi connectivity index (χ0n) is 11.5. The Kier molecular flexibility index (Phi) is 3.34. The predicted molar refractivity (Wildman–Crippen MR) is 75.9 cm³/mol. The van der Waals surface area contributed by atoms with E-state index in [1.807, 2.05) is 23.1 Å². The lowest BCUT2D eigenvalue weighted by Crippen LogP contribution is -2.36. The standard InChI is InChI=1S/C15H18N2O3/c1-20-15(19)16-12-7-6-10-3-2-8-17(13(10)9-12)14(18)11-4-5-11/h6-7,9,11H,2-5,8H2,1H3,(H,16,19). The van der Waals surface area contributed by atoms with Crippen LogP contribution in [0.15, 0.2) is 18.2 Å². The maximum Gasteiger partial charge on any atom is 0.411 e. The van der Waals surface area contributed by atoms with Crippen LogP contribution in [0, 0.1) is 5.92 Å². The molecular weight excluding hydrogens is 256 g/mol. The molecule has 0 bridgehead atoms. The minimum absolute atomic E-state index is 0.207. The van der Waals surface area contributed by atoms with Gasteiger partial charge in [0.2, 0.25) is 5.91 Å². The van der Waals surface area contributed by atoms with Crippen molar-refractivity contribution in [1.29, 1.82) is 0 Å². The summed E-state index contributed by atoms with van der Waals surface area (Å²) in [5.41, 5.74) is 2.76. The van der Waals surface area contributed by atoms with Gasteiger partial charge in [-0.2, -0.15) is 0 Å². The minimum Gasteiger partial charge on any atom is -0.453 e. The monoisotopic (exact) mass is 274 g/mol. The minimum atomic E-state index is -0.499. The molecule has 2 aliphatic rings. The number of ether oxygens (including phenoxy) is 1. The number of amides is 2. The number of nitrogens with zero attached hydrogens (tertiary/aromatic N) is 1. The second kappa shape index (κ2) is 5.15. The lowest BCUT2D eigenvalue weighted by Gasteiger charge is -2.30. The van der Waals surface area contributed by atoms with E-state index in [4.69, 9.17) is 0 Å². The fraction of sp³-hybridized carbons (Fsp3) is 0.467. The molecule has 5 heteroatoms. The van der Waals surface area contributed by atoms with E-state index < -0.39 is 6.09 Å². The molecule has 0 unspecified atom stereocenters. The van der Waals surface area contributed by atoms with Crippen molar-refractivity contribution < 1.29 is 14.3 Å². The Balaban J connectivity index is 1.87. The molecule has 2 amide bonds. The topological polar surface area (TPSA) is 58.6 Å². The Bertz CT molecular complexity index is 552. The number of nitrogens with one attached hydrogen (secondary N) is 1. The fourth-order valence-corrected chi connectivity index (χ4v) is 2.60. The Morgan fingerprint density at radius 3 is 2.85 bits per heavy atom. The van der Waals surface area contributed by atoms with Gasteiger partial charge in [-0.1, -0.05) is 6.07 Å². The predicted octanol–water partition coefficient (Wildman–Crippen LogP) is 2.55. The number of carbonyl (C=O) groups is 2. The highest BCUT2D eigenvalue weighted by Gasteiger charge is 2.35. The summed E-state index contributed by atoms with van der Waals surface area (Å²) in [5, 5.41) is 2.65. The van der Waals surface area contributed by atoms with Gasteiger partial charge in [0, 0.05) is 23.8 Å². The summed E-state index contributed by atoms with van der Waals surface area (Å²) in [6.45, 7) is 0.768. The zero-order valence-corrected chi connectivity index (χ0v) is 11.5. The summed E-state index contributed by atoms with van der Waals surface area (Å²) in [5.74, 6) is 0.430. The average molecular weight is 274 g/mol. The Hall–Kier alpha value is -2.04. The summed E-state index contributed by atoms with van der Waals surface area (Å²) in [6.07, 6.45) is 3.48. The van der Waals surface area contributed by atoms with Crippen LogP contribution in [-0.2, 0) is 16.0 Å². The molecule has 0 saturated heterocycles. The first kappa shape index (κ1) is 13.0. The number of fused-ring (bicyclic) bond motifs is 1. The number of anilines is 2. The third-order valence-electron chi connectivity index (χ3n) is 3.83. The number of aryl methyl sites for hydroxylation is 1. The summed E-state index contributed by atoms with van der Waals surface area (Å²) in [4.78, 5) is 25.5. The van der Waals surface area contributed by atoms with E-state index in [0.717, 1.165) is 37.9 Å². The van der Waals surface area contributed by atoms with Gasteiger partial charge in [0.05, 0.1) is 7.11 Å². The Morgan fingerprint density at radius 2 is 2.15 bits per heavy atom. The van der Waals surface area contributed by atoms with Gasteiger partial charge >= 0.3 is 6.09 Å². The van der Waals surface area contributed by atoms with Crippen molar-refractivity contribution in [1.82, 2.24) is 0 Å². The molecule has 1 N–H and O–H groups in total. The van der Waals surface area contributed by atoms with E-state index in [2.05, 4.69) is 10.1 Å². The highest BCUT2D eigenvalue weighted by molar-refractivity contribution is 5.98. The zero-order chi connectivity index (χ0) is 14.1. The molecule has 0 aromatic heterocycles. The Labute approximate surface area is 117 Å². The van der Waals surface area contributed by atoms with Crippen LogP contribution in [0.4, 0.5) is 16.2 Å². The van der Waals surface area contributed by atoms with Gasteiger partial charge in [-0.15, -0.1) is 0 Å². The molecular formula is C15H18N2O3. The van der Waals surface area contributed by atoms with E-state index in [-0.39, 0.29) is 11.8 Å². The van der Waals surface area contributed by atoms with Crippen LogP contribution in [-0.4, -0.2) is 25.7 Å². The van der Waals surface area contributed by atoms with Crippen molar-refractivity contribution in [2.75, 3.05) is 23.9 Å². The molecule has 1 aliphatic carbocycles. The lowest BCUT2D eigenvalue weighted by molar-refractivity contribution is -0.119. The second-order valence-electron chi connectivity index (χ2n) is 5.33. The highest BCUT2D eigenvalue weighted by atomic mass is 16.5. The fourth-order valence-electron chi connectivity index (χ4n) is 2.60. The van der Waals surface area contributed by atoms with Gasteiger partial charge in [-0.05, 0) is 43.4 Å². The van der Waals surface area contributed by atoms with Crippen LogP contribution in [0.1, 0.15) is 24.8 Å². The molecule has 0 radical (unpaired) electrons. The average Bonchev–Trinajstić information content (AvgIpc) is 3.30. The van der Waals surface area contributed by atoms with Crippen molar-refractivity contribution in [3.05, 3.63) is 23.8 Å². The van der Waals surface area contributed by atoms with E-state index in [1.54, 1.807) is 0 Å². The molecule has 3 rings (SSSR count). The van der Waals surface area contributed by atoms with Gasteiger partial charge in [-0.3, -0.25) is 10.1 Å². The summed E-state index contributed by atoms with van der Waals surface area (Å²) in [7, 11) is 1.33. The summed E-state index contributed by atoms with van der Waals surface area (Å²) < 4.78 is 4.59. The van der Waals surface area contributed by atoms with Gasteiger partial charge in [0.25, 0.3) is 0 Å². The first-order valence-electron chi connectivity index (χ1n) is 6.98. The number of methoxy groups -OCH3 is 1. The molecule has 1 aliphatic heterocycles. The van der Waals surface area contributed by atoms with Crippen LogP contribution in [0.3, 0.4) is 0 Å². The quantitative estimate of drug-likeness (QED) is 0.901. The molecule has 20 heavy (non-hydrogen) atoms. The van der Waals surface area contributed by atoms with Crippen LogP contribution < -0.4 is 10.2 Å². The van der Waals surface area contributed by atoms with Crippen molar-refractivity contribution >= 4 is 23.4 Å². The number of hydrogen-bond donors (Lipinski definition) is 1. The van der Waals surface area contributed by atoms with E-state index in [1.165, 1.54) is 12.7 Å². The molecule has 5 nitrogen and oxygen atoms in total. The van der Waals surface area contributed by atoms with Crippen LogP contribution in [0.25, 0.3) is 0 Å². The van der Waals surface area contributed by atoms with E-state index in [0.29, 0.717) is 5.69 Å². The number of hydrogen-bond acceptors (Lipinski definition) is 3. The smallest absolute Gasteiger partial charge is 0.411 e. The summed E-state index contributed by atoms with van der Waals surface area (Å²) in [6, 6.07) is 5.69. The van der Waals surface area contributed by atoms with Gasteiger partial charge < -0.3 is 9.64 Å². The Morgan fingerprint density at radius 1 is 1.35 bits per heavy atom. The normalized spacial score (nSPS) is 17.4. The molecule has 1 aromatic rings. The van der Waals surface area contributed by atoms with Gasteiger partial charge in [0.15, 0.2) is 0 Å². The molecule has 1 saturated carbocycles. The van der Waals surface area contributed by atoms with Crippen molar-refractivity contribution in [2.45, 2.75) is 25.7 Å². The van der Waals surface area contributed by atoms with Crippen LogP contribution in [0.5, 0.6) is 0 Å². The number of rotatable bonds is 2. The van der Waals surface area contributed by atoms with Crippen molar-refractivity contribution in [3.63, 3.8) is 0 Å². The first-order valence-corrected chi connectivity index (χ1v) is 6.98. The maximum absolute atomic E-state index is 12.3. The lowest BCUT2D eigenvalue weighted by atomic mass is 10.0. The molecule has 1 fully saturated rings. The largest absolute Gasteiger partial charge is 0.453 e. The molecule has 1 heterocycles. The molecule has 106 valence electrons. The number of carbonyl (C=O) groups excluding carboxylic acids is 2. The van der Waals surface area contributed by atoms with Crippen LogP contribution >= 0.6 is 0 Å². The molecule has 1 aromatic carbocycles. The SMILES string of the molecule is COC(=O)Nc1ccc2c(c1)N(C(=O)C1CC1)CCC2. The van der Waals surface area contributed by atoms with Gasteiger partial charge in [0.1, 0.15) is 0 Å². The first-order chi connectivity index (χ1) is 9.69.